The van der Waals surface area contributed by atoms with Crippen molar-refractivity contribution in [2.24, 2.45) is 5.73 Å². The first kappa shape index (κ1) is 6.88. The van der Waals surface area contributed by atoms with Crippen molar-refractivity contribution in [2.75, 3.05) is 26.4 Å². The quantitative estimate of drug-likeness (QED) is 0.484. The van der Waals surface area contributed by atoms with Gasteiger partial charge in [0, 0.05) is 6.54 Å². The summed E-state index contributed by atoms with van der Waals surface area (Å²) in [6.07, 6.45) is 0. The summed E-state index contributed by atoms with van der Waals surface area (Å²) >= 11 is 0. The highest BCUT2D eigenvalue weighted by Crippen LogP contribution is 1.67. The predicted molar refractivity (Wildman–Crippen MR) is 25.4 cm³/mol. The molecule has 0 bridgehead atoms. The highest BCUT2D eigenvalue weighted by atomic mass is 16.5. The molecule has 2 N–H and O–H groups in total. The van der Waals surface area contributed by atoms with Crippen molar-refractivity contribution < 1.29 is 9.84 Å². The minimum Gasteiger partial charge on any atom is -0.378 e. The molecule has 3 nitrogen and oxygen atoms in total. The van der Waals surface area contributed by atoms with Gasteiger partial charge in [0.15, 0.2) is 0 Å². The first-order chi connectivity index (χ1) is 3.41. The van der Waals surface area contributed by atoms with E-state index in [-0.39, 0.29) is 13.2 Å². The Morgan fingerprint density at radius 1 is 1.43 bits per heavy atom. The number of rotatable bonds is 4. The van der Waals surface area contributed by atoms with Crippen LogP contribution in [0.25, 0.3) is 0 Å². The molecule has 0 amide bonds. The zero-order valence-electron chi connectivity index (χ0n) is 4.22. The van der Waals surface area contributed by atoms with Crippen LogP contribution in [0, 0.1) is 0 Å². The van der Waals surface area contributed by atoms with Crippen molar-refractivity contribution in [1.82, 2.24) is 0 Å². The van der Waals surface area contributed by atoms with Crippen LogP contribution in [0.4, 0.5) is 0 Å². The van der Waals surface area contributed by atoms with Crippen LogP contribution in [0.1, 0.15) is 0 Å². The van der Waals surface area contributed by atoms with E-state index in [1.54, 1.807) is 0 Å². The number of hydrogen-bond donors (Lipinski definition) is 1. The van der Waals surface area contributed by atoms with Crippen molar-refractivity contribution in [3.63, 3.8) is 0 Å². The highest BCUT2D eigenvalue weighted by Gasteiger charge is 1.80. The lowest BCUT2D eigenvalue weighted by molar-refractivity contribution is 0.0677. The molecule has 0 saturated carbocycles. The third-order valence-electron chi connectivity index (χ3n) is 0.490. The zero-order valence-corrected chi connectivity index (χ0v) is 4.22. The van der Waals surface area contributed by atoms with E-state index >= 15 is 0 Å². The van der Waals surface area contributed by atoms with Crippen molar-refractivity contribution in [1.29, 1.82) is 0 Å². The van der Waals surface area contributed by atoms with E-state index in [9.17, 15) is 5.11 Å². The van der Waals surface area contributed by atoms with Gasteiger partial charge < -0.3 is 10.5 Å². The Morgan fingerprint density at radius 2 is 2.14 bits per heavy atom. The molecule has 0 aromatic heterocycles. The summed E-state index contributed by atoms with van der Waals surface area (Å²) in [5.74, 6) is 0. The van der Waals surface area contributed by atoms with Gasteiger partial charge in [0.25, 0.3) is 0 Å². The number of ether oxygens (including phenoxy) is 1. The lowest BCUT2D eigenvalue weighted by Gasteiger charge is -1.94. The van der Waals surface area contributed by atoms with Gasteiger partial charge in [0.05, 0.1) is 13.2 Å². The molecule has 0 saturated heterocycles. The lowest BCUT2D eigenvalue weighted by atomic mass is 10.7. The van der Waals surface area contributed by atoms with Crippen LogP contribution in [-0.4, -0.2) is 26.4 Å². The largest absolute Gasteiger partial charge is 0.378 e. The number of hydrogen-bond acceptors (Lipinski definition) is 2. The maximum absolute atomic E-state index is 9.64. The van der Waals surface area contributed by atoms with Crippen LogP contribution in [0.3, 0.4) is 0 Å². The standard InChI is InChI=1S/C4H10NO2/c5-1-3-7-4-2-6/h1-5H2. The Hall–Kier alpha value is -0.120. The Kier molecular flexibility index (Phi) is 5.78. The second kappa shape index (κ2) is 5.88. The first-order valence-corrected chi connectivity index (χ1v) is 2.27. The van der Waals surface area contributed by atoms with E-state index in [1.165, 1.54) is 0 Å². The summed E-state index contributed by atoms with van der Waals surface area (Å²) in [6, 6.07) is 0. The molecule has 43 valence electrons. The van der Waals surface area contributed by atoms with E-state index < -0.39 is 0 Å². The average molecular weight is 104 g/mol. The van der Waals surface area contributed by atoms with E-state index in [4.69, 9.17) is 10.5 Å². The van der Waals surface area contributed by atoms with Crippen LogP contribution in [0.5, 0.6) is 0 Å². The smallest absolute Gasteiger partial charge is 0.106 e. The highest BCUT2D eigenvalue weighted by molar-refractivity contribution is 4.28. The van der Waals surface area contributed by atoms with E-state index in [0.29, 0.717) is 13.2 Å². The molecule has 0 aromatic carbocycles. The Morgan fingerprint density at radius 3 is 2.57 bits per heavy atom. The molecule has 0 fully saturated rings. The van der Waals surface area contributed by atoms with Crippen LogP contribution in [0.2, 0.25) is 0 Å². The van der Waals surface area contributed by atoms with E-state index in [1.807, 2.05) is 0 Å². The average Bonchev–Trinajstić information content (AvgIpc) is 1.69. The zero-order chi connectivity index (χ0) is 5.54. The lowest BCUT2D eigenvalue weighted by Crippen LogP contribution is -2.09. The fraction of sp³-hybridized carbons (Fsp3) is 1.00. The van der Waals surface area contributed by atoms with Gasteiger partial charge in [-0.2, -0.15) is 0 Å². The van der Waals surface area contributed by atoms with Gasteiger partial charge in [-0.3, -0.25) is 0 Å². The van der Waals surface area contributed by atoms with Gasteiger partial charge in [0.1, 0.15) is 6.61 Å². The van der Waals surface area contributed by atoms with Crippen LogP contribution < -0.4 is 5.73 Å². The molecule has 0 rings (SSSR count). The molecule has 0 aromatic rings. The van der Waals surface area contributed by atoms with Gasteiger partial charge in [-0.05, 0) is 0 Å². The molecule has 0 aliphatic carbocycles. The summed E-state index contributed by atoms with van der Waals surface area (Å²) in [5, 5.41) is 9.64. The molecule has 0 spiro atoms. The van der Waals surface area contributed by atoms with Gasteiger partial charge in [-0.1, -0.05) is 0 Å². The summed E-state index contributed by atoms with van der Waals surface area (Å²) in [6.45, 7) is 1.12. The summed E-state index contributed by atoms with van der Waals surface area (Å²) in [5.41, 5.74) is 5.04. The third kappa shape index (κ3) is 5.88. The summed E-state index contributed by atoms with van der Waals surface area (Å²) in [7, 11) is 0. The SMILES string of the molecule is NCCOCC[O]. The minimum atomic E-state index is -0.167. The van der Waals surface area contributed by atoms with Gasteiger partial charge in [-0.15, -0.1) is 0 Å². The number of nitrogens with two attached hydrogens (primary N) is 1. The normalized spacial score (nSPS) is 9.43. The molecular weight excluding hydrogens is 94.0 g/mol. The molecular formula is C4H10NO2. The van der Waals surface area contributed by atoms with Crippen LogP contribution in [-0.2, 0) is 9.84 Å². The van der Waals surface area contributed by atoms with Crippen molar-refractivity contribution in [3.8, 4) is 0 Å². The first-order valence-electron chi connectivity index (χ1n) is 2.27. The molecule has 1 radical (unpaired) electrons. The molecule has 7 heavy (non-hydrogen) atoms. The Balaban J connectivity index is 2.45. The molecule has 0 aliphatic rings. The second-order valence-electron chi connectivity index (χ2n) is 1.11. The monoisotopic (exact) mass is 104 g/mol. The van der Waals surface area contributed by atoms with Crippen LogP contribution >= 0.6 is 0 Å². The van der Waals surface area contributed by atoms with Crippen LogP contribution in [0.15, 0.2) is 0 Å². The molecule has 3 heteroatoms. The maximum Gasteiger partial charge on any atom is 0.106 e. The minimum absolute atomic E-state index is 0.167. The maximum atomic E-state index is 9.64. The predicted octanol–water partition coefficient (Wildman–Crippen LogP) is -0.608. The second-order valence-corrected chi connectivity index (χ2v) is 1.11. The van der Waals surface area contributed by atoms with E-state index in [0.717, 1.165) is 0 Å². The van der Waals surface area contributed by atoms with E-state index in [2.05, 4.69) is 0 Å². The molecule has 0 heterocycles. The summed E-state index contributed by atoms with van der Waals surface area (Å²) < 4.78 is 4.69. The van der Waals surface area contributed by atoms with Gasteiger partial charge in [0.2, 0.25) is 0 Å². The Labute approximate surface area is 43.1 Å². The summed E-state index contributed by atoms with van der Waals surface area (Å²) in [4.78, 5) is 0. The molecule has 0 unspecified atom stereocenters. The topological polar surface area (TPSA) is 55.1 Å². The fourth-order valence-corrected chi connectivity index (χ4v) is 0.244. The molecule has 0 aliphatic heterocycles. The van der Waals surface area contributed by atoms with Gasteiger partial charge >= 0.3 is 0 Å². The van der Waals surface area contributed by atoms with Crippen molar-refractivity contribution >= 4 is 0 Å². The fourth-order valence-electron chi connectivity index (χ4n) is 0.244. The Bertz CT molecular complexity index is 28.9. The van der Waals surface area contributed by atoms with Gasteiger partial charge in [-0.25, -0.2) is 5.11 Å². The van der Waals surface area contributed by atoms with Crippen molar-refractivity contribution in [3.05, 3.63) is 0 Å². The van der Waals surface area contributed by atoms with Crippen molar-refractivity contribution in [2.45, 2.75) is 0 Å². The third-order valence-corrected chi connectivity index (χ3v) is 0.490. The molecule has 0 atom stereocenters.